The van der Waals surface area contributed by atoms with E-state index >= 15 is 0 Å². The van der Waals surface area contributed by atoms with Crippen molar-refractivity contribution in [3.8, 4) is 5.75 Å². The molecule has 1 fully saturated rings. The molecular weight excluding hydrogens is 711 g/mol. The summed E-state index contributed by atoms with van der Waals surface area (Å²) in [6, 6.07) is 8.44. The van der Waals surface area contributed by atoms with Crippen LogP contribution >= 0.6 is 0 Å². The minimum atomic E-state index is -3.27. The normalized spacial score (nSPS) is 19.2. The highest BCUT2D eigenvalue weighted by atomic mass is 19.3. The number of ether oxygens (including phenoxy) is 3. The van der Waals surface area contributed by atoms with Crippen LogP contribution in [-0.2, 0) is 19.1 Å². The lowest BCUT2D eigenvalue weighted by Gasteiger charge is -2.24. The number of carbonyl (C=O) groups is 2. The van der Waals surface area contributed by atoms with Crippen molar-refractivity contribution in [3.05, 3.63) is 79.4 Å². The van der Waals surface area contributed by atoms with Crippen LogP contribution in [0.5, 0.6) is 5.75 Å². The van der Waals surface area contributed by atoms with Crippen molar-refractivity contribution in [2.24, 2.45) is 17.8 Å². The summed E-state index contributed by atoms with van der Waals surface area (Å²) in [5, 5.41) is 11.0. The van der Waals surface area contributed by atoms with Gasteiger partial charge in [0, 0.05) is 24.7 Å². The fourth-order valence-electron chi connectivity index (χ4n) is 7.16. The Labute approximate surface area is 338 Å². The van der Waals surface area contributed by atoms with E-state index in [0.29, 0.717) is 44.5 Å². The van der Waals surface area contributed by atoms with E-state index in [-0.39, 0.29) is 18.4 Å². The molecule has 0 amide bonds. The van der Waals surface area contributed by atoms with E-state index in [1.165, 1.54) is 63.9 Å². The average Bonchev–Trinajstić information content (AvgIpc) is 3.48. The third kappa shape index (κ3) is 22.5. The molecule has 0 aliphatic heterocycles. The van der Waals surface area contributed by atoms with Gasteiger partial charge >= 0.3 is 11.9 Å². The highest BCUT2D eigenvalue weighted by molar-refractivity contribution is 5.74. The molecule has 1 saturated carbocycles. The number of aliphatic hydroxyl groups excluding tert-OH is 1. The Bertz CT molecular complexity index is 1260. The molecule has 1 aromatic rings. The number of esters is 2. The summed E-state index contributed by atoms with van der Waals surface area (Å²) in [6.07, 6.45) is 32.1. The first kappa shape index (κ1) is 48.9. The second-order valence-corrected chi connectivity index (χ2v) is 15.5. The quantitative estimate of drug-likeness (QED) is 0.0434. The number of rotatable bonds is 33. The number of hydrogen-bond acceptors (Lipinski definition) is 6. The number of para-hydroxylation sites is 1. The minimum absolute atomic E-state index is 0.161. The summed E-state index contributed by atoms with van der Waals surface area (Å²) in [5.74, 6) is -5.01. The molecule has 2 rings (SSSR count). The lowest BCUT2D eigenvalue weighted by atomic mass is 9.89. The topological polar surface area (TPSA) is 82.1 Å². The van der Waals surface area contributed by atoms with Crippen LogP contribution in [0, 0.1) is 17.8 Å². The molecule has 0 bridgehead atoms. The van der Waals surface area contributed by atoms with Crippen molar-refractivity contribution in [2.75, 3.05) is 13.2 Å². The van der Waals surface area contributed by atoms with Crippen molar-refractivity contribution in [1.82, 2.24) is 0 Å². The van der Waals surface area contributed by atoms with Gasteiger partial charge in [-0.2, -0.15) is 8.78 Å². The zero-order valence-corrected chi connectivity index (χ0v) is 34.7. The third-order valence-corrected chi connectivity index (χ3v) is 10.6. The van der Waals surface area contributed by atoms with E-state index in [9.17, 15) is 23.5 Å². The van der Waals surface area contributed by atoms with Gasteiger partial charge in [0.05, 0.1) is 18.6 Å². The first-order valence-electron chi connectivity index (χ1n) is 21.9. The van der Waals surface area contributed by atoms with Crippen LogP contribution in [0.2, 0.25) is 0 Å². The predicted molar refractivity (Wildman–Crippen MR) is 225 cm³/mol. The highest BCUT2D eigenvalue weighted by Gasteiger charge is 2.44. The van der Waals surface area contributed by atoms with Gasteiger partial charge < -0.3 is 19.3 Å². The molecule has 1 unspecified atom stereocenters. The largest absolute Gasteiger partial charge is 0.487 e. The SMILES string of the molecule is C=CC(CCCCCC)C(=O)O[C@H]1C[C@@H](O)[C@H](/C=C/C(F)(F)COc2ccccc2)[C@H]1C/C=C\CCCC(=O)OCCCCCCCC/C=C\CCCCCC. The number of aliphatic hydroxyl groups is 1. The molecule has 0 heterocycles. The number of benzene rings is 1. The molecule has 1 N–H and O–H groups in total. The molecule has 1 aromatic carbocycles. The molecule has 56 heavy (non-hydrogen) atoms. The number of alkyl halides is 2. The summed E-state index contributed by atoms with van der Waals surface area (Å²) in [5.41, 5.74) is 0. The summed E-state index contributed by atoms with van der Waals surface area (Å²) in [7, 11) is 0. The summed E-state index contributed by atoms with van der Waals surface area (Å²) in [6.45, 7) is 7.83. The van der Waals surface area contributed by atoms with Crippen LogP contribution in [0.3, 0.4) is 0 Å². The second kappa shape index (κ2) is 30.8. The molecule has 6 nitrogen and oxygen atoms in total. The molecule has 316 valence electrons. The van der Waals surface area contributed by atoms with Crippen molar-refractivity contribution in [3.63, 3.8) is 0 Å². The lowest BCUT2D eigenvalue weighted by molar-refractivity contribution is -0.154. The van der Waals surface area contributed by atoms with E-state index in [4.69, 9.17) is 14.2 Å². The summed E-state index contributed by atoms with van der Waals surface area (Å²) < 4.78 is 46.5. The number of halogens is 2. The van der Waals surface area contributed by atoms with Crippen LogP contribution in [0.4, 0.5) is 8.78 Å². The van der Waals surface area contributed by atoms with Gasteiger partial charge in [-0.25, -0.2) is 0 Å². The minimum Gasteiger partial charge on any atom is -0.487 e. The van der Waals surface area contributed by atoms with E-state index < -0.39 is 42.5 Å². The van der Waals surface area contributed by atoms with Gasteiger partial charge in [-0.15, -0.1) is 6.58 Å². The van der Waals surface area contributed by atoms with E-state index in [1.54, 1.807) is 36.4 Å². The fraction of sp³-hybridized carbons (Fsp3) is 0.667. The number of allylic oxidation sites excluding steroid dienone is 4. The predicted octanol–water partition coefficient (Wildman–Crippen LogP) is 12.9. The van der Waals surface area contributed by atoms with Crippen molar-refractivity contribution in [1.29, 1.82) is 0 Å². The van der Waals surface area contributed by atoms with Gasteiger partial charge in [0.1, 0.15) is 11.9 Å². The van der Waals surface area contributed by atoms with Gasteiger partial charge in [0.15, 0.2) is 6.61 Å². The Morgan fingerprint density at radius 3 is 2.12 bits per heavy atom. The zero-order chi connectivity index (χ0) is 40.7. The van der Waals surface area contributed by atoms with Gasteiger partial charge in [-0.3, -0.25) is 9.59 Å². The molecule has 8 heteroatoms. The fourth-order valence-corrected chi connectivity index (χ4v) is 7.16. The van der Waals surface area contributed by atoms with Crippen LogP contribution in [0.25, 0.3) is 0 Å². The van der Waals surface area contributed by atoms with Crippen molar-refractivity contribution < 1.29 is 37.7 Å². The molecule has 0 aromatic heterocycles. The Morgan fingerprint density at radius 1 is 0.839 bits per heavy atom. The maximum atomic E-state index is 14.9. The maximum absolute atomic E-state index is 14.9. The lowest BCUT2D eigenvalue weighted by Crippen LogP contribution is -2.28. The molecule has 5 atom stereocenters. The van der Waals surface area contributed by atoms with Crippen molar-refractivity contribution in [2.45, 2.75) is 173 Å². The first-order valence-corrected chi connectivity index (χ1v) is 21.9. The van der Waals surface area contributed by atoms with E-state index in [1.807, 2.05) is 12.2 Å². The molecule has 0 radical (unpaired) electrons. The summed E-state index contributed by atoms with van der Waals surface area (Å²) in [4.78, 5) is 25.5. The monoisotopic (exact) mass is 785 g/mol. The average molecular weight is 785 g/mol. The highest BCUT2D eigenvalue weighted by Crippen LogP contribution is 2.39. The van der Waals surface area contributed by atoms with E-state index in [2.05, 4.69) is 32.6 Å². The van der Waals surface area contributed by atoms with Crippen LogP contribution in [0.1, 0.15) is 155 Å². The zero-order valence-electron chi connectivity index (χ0n) is 34.7. The second-order valence-electron chi connectivity index (χ2n) is 15.5. The number of hydrogen-bond donors (Lipinski definition) is 1. The Hall–Kier alpha value is -3.26. The molecular formula is C48H74F2O6. The standard InChI is InChI=1S/C48H74F2O6/c1-4-7-9-11-12-13-14-15-16-17-18-19-22-29-37-54-46(52)34-28-21-20-27-33-43-42(35-36-48(49,50)39-55-41-31-25-23-26-32-41)44(51)38-45(43)56-47(53)40(6-3)30-24-10-8-5-2/h6,13-14,20,23,25-27,31-32,35-36,40,42-45,51H,3-5,7-12,15-19,21-22,24,28-30,33-34,37-39H2,1-2H3/b14-13-,27-20-,36-35+/t40?,42-,43-,44-,45+/m1/s1. The summed E-state index contributed by atoms with van der Waals surface area (Å²) >= 11 is 0. The Morgan fingerprint density at radius 2 is 1.45 bits per heavy atom. The van der Waals surface area contributed by atoms with E-state index in [0.717, 1.165) is 51.0 Å². The number of unbranched alkanes of at least 4 members (excludes halogenated alkanes) is 14. The molecule has 0 spiro atoms. The van der Waals surface area contributed by atoms with Crippen LogP contribution in [-0.4, -0.2) is 48.4 Å². The Balaban J connectivity index is 1.79. The van der Waals surface area contributed by atoms with Crippen LogP contribution < -0.4 is 4.74 Å². The molecule has 1 aliphatic rings. The molecule has 1 aliphatic carbocycles. The van der Waals surface area contributed by atoms with Gasteiger partial charge in [0.2, 0.25) is 0 Å². The van der Waals surface area contributed by atoms with Gasteiger partial charge in [-0.1, -0.05) is 139 Å². The maximum Gasteiger partial charge on any atom is 0.313 e. The van der Waals surface area contributed by atoms with Gasteiger partial charge in [0.25, 0.3) is 5.92 Å². The third-order valence-electron chi connectivity index (χ3n) is 10.6. The Kier molecular flexibility index (Phi) is 26.9. The molecule has 0 saturated heterocycles. The first-order chi connectivity index (χ1) is 27.2. The van der Waals surface area contributed by atoms with Gasteiger partial charge in [-0.05, 0) is 76.0 Å². The van der Waals surface area contributed by atoms with Crippen LogP contribution in [0.15, 0.2) is 79.4 Å². The smallest absolute Gasteiger partial charge is 0.313 e. The number of carbonyl (C=O) groups excluding carboxylic acids is 2. The van der Waals surface area contributed by atoms with Crippen molar-refractivity contribution >= 4 is 11.9 Å².